The Bertz CT molecular complexity index is 1180. The molecular formula is C32H38O6. The molecule has 2 fully saturated rings. The average Bonchev–Trinajstić information content (AvgIpc) is 2.91. The second-order valence-corrected chi connectivity index (χ2v) is 12.5. The van der Waals surface area contributed by atoms with Gasteiger partial charge in [-0.25, -0.2) is 0 Å². The molecule has 0 aliphatic carbocycles. The molecule has 4 bridgehead atoms. The first-order valence-electron chi connectivity index (χ1n) is 13.5. The van der Waals surface area contributed by atoms with Crippen LogP contribution >= 0.6 is 0 Å². The molecule has 0 unspecified atom stereocenters. The third-order valence-corrected chi connectivity index (χ3v) is 7.75. The second-order valence-electron chi connectivity index (χ2n) is 12.5. The summed E-state index contributed by atoms with van der Waals surface area (Å²) < 4.78 is 38.5. The van der Waals surface area contributed by atoms with Crippen LogP contribution in [0, 0.1) is 10.8 Å². The molecule has 0 N–H and O–H groups in total. The van der Waals surface area contributed by atoms with Gasteiger partial charge in [0.1, 0.15) is 13.2 Å². The van der Waals surface area contributed by atoms with Crippen LogP contribution in [0.25, 0.3) is 10.8 Å². The number of benzene rings is 3. The van der Waals surface area contributed by atoms with E-state index in [1.807, 2.05) is 24.3 Å². The quantitative estimate of drug-likeness (QED) is 0.362. The zero-order valence-corrected chi connectivity index (χ0v) is 22.9. The summed E-state index contributed by atoms with van der Waals surface area (Å²) in [7, 11) is 0. The molecule has 3 aromatic carbocycles. The number of rotatable bonds is 0. The van der Waals surface area contributed by atoms with Crippen molar-refractivity contribution in [3.05, 3.63) is 82.9 Å². The van der Waals surface area contributed by atoms with Gasteiger partial charge in [-0.15, -0.1) is 0 Å². The summed E-state index contributed by atoms with van der Waals surface area (Å²) in [6.45, 7) is 12.4. The van der Waals surface area contributed by atoms with Crippen molar-refractivity contribution in [1.29, 1.82) is 0 Å². The van der Waals surface area contributed by atoms with E-state index in [1.165, 1.54) is 0 Å². The van der Waals surface area contributed by atoms with Gasteiger partial charge in [0, 0.05) is 22.0 Å². The van der Waals surface area contributed by atoms with Gasteiger partial charge in [0.2, 0.25) is 11.6 Å². The molecule has 2 spiro atoms. The maximum atomic E-state index is 6.45. The predicted octanol–water partition coefficient (Wildman–Crippen LogP) is 6.04. The van der Waals surface area contributed by atoms with E-state index in [-0.39, 0.29) is 24.0 Å². The van der Waals surface area contributed by atoms with Crippen LogP contribution in [0.3, 0.4) is 0 Å². The SMILES string of the molecule is CC1(C)COC2(COCc3ccc(c4ccccc34)COCC3(OCC(C)(C)CO3)c3ccc2cc3)OC1. The molecule has 6 heterocycles. The maximum absolute atomic E-state index is 6.45. The van der Waals surface area contributed by atoms with E-state index in [2.05, 4.69) is 64.1 Å². The van der Waals surface area contributed by atoms with Gasteiger partial charge in [0.05, 0.1) is 39.6 Å². The Hall–Kier alpha value is -2.32. The highest BCUT2D eigenvalue weighted by atomic mass is 16.7. The van der Waals surface area contributed by atoms with Crippen molar-refractivity contribution in [2.75, 3.05) is 39.6 Å². The van der Waals surface area contributed by atoms with E-state index in [1.54, 1.807) is 0 Å². The number of hydrogen-bond donors (Lipinski definition) is 0. The minimum Gasteiger partial charge on any atom is -0.371 e. The molecule has 9 rings (SSSR count). The molecule has 0 saturated carbocycles. The summed E-state index contributed by atoms with van der Waals surface area (Å²) in [6.07, 6.45) is 0. The van der Waals surface area contributed by atoms with E-state index in [9.17, 15) is 0 Å². The van der Waals surface area contributed by atoms with E-state index in [0.717, 1.165) is 33.0 Å². The van der Waals surface area contributed by atoms with Gasteiger partial charge in [-0.2, -0.15) is 0 Å². The van der Waals surface area contributed by atoms with Crippen molar-refractivity contribution >= 4 is 10.8 Å². The van der Waals surface area contributed by atoms with Crippen molar-refractivity contribution < 1.29 is 28.4 Å². The molecule has 0 radical (unpaired) electrons. The minimum absolute atomic E-state index is 0.0650. The van der Waals surface area contributed by atoms with Gasteiger partial charge in [0.25, 0.3) is 0 Å². The smallest absolute Gasteiger partial charge is 0.219 e. The molecule has 0 aromatic heterocycles. The van der Waals surface area contributed by atoms with Crippen LogP contribution in [-0.2, 0) is 53.2 Å². The molecule has 6 aliphatic heterocycles. The average molecular weight is 519 g/mol. The molecule has 6 aliphatic rings. The van der Waals surface area contributed by atoms with Crippen LogP contribution in [0.5, 0.6) is 0 Å². The fourth-order valence-corrected chi connectivity index (χ4v) is 5.33. The third-order valence-electron chi connectivity index (χ3n) is 7.75. The summed E-state index contributed by atoms with van der Waals surface area (Å²) in [5.41, 5.74) is 3.94. The Balaban J connectivity index is 1.41. The van der Waals surface area contributed by atoms with E-state index in [4.69, 9.17) is 28.4 Å². The lowest BCUT2D eigenvalue weighted by atomic mass is 9.92. The van der Waals surface area contributed by atoms with Crippen molar-refractivity contribution in [1.82, 2.24) is 0 Å². The molecule has 0 amide bonds. The fraction of sp³-hybridized carbons (Fsp3) is 0.500. The lowest BCUT2D eigenvalue weighted by Gasteiger charge is -2.44. The normalized spacial score (nSPS) is 24.2. The largest absolute Gasteiger partial charge is 0.371 e. The van der Waals surface area contributed by atoms with E-state index < -0.39 is 11.6 Å². The van der Waals surface area contributed by atoms with Crippen LogP contribution < -0.4 is 0 Å². The first-order valence-corrected chi connectivity index (χ1v) is 13.5. The summed E-state index contributed by atoms with van der Waals surface area (Å²) in [5, 5.41) is 2.32. The van der Waals surface area contributed by atoms with Gasteiger partial charge in [-0.3, -0.25) is 0 Å². The van der Waals surface area contributed by atoms with Crippen molar-refractivity contribution in [2.24, 2.45) is 10.8 Å². The van der Waals surface area contributed by atoms with Gasteiger partial charge in [-0.05, 0) is 21.9 Å². The molecule has 3 aromatic rings. The lowest BCUT2D eigenvalue weighted by Crippen LogP contribution is -2.49. The summed E-state index contributed by atoms with van der Waals surface area (Å²) in [5.74, 6) is -1.97. The van der Waals surface area contributed by atoms with Gasteiger partial charge in [-0.1, -0.05) is 88.4 Å². The van der Waals surface area contributed by atoms with Crippen LogP contribution in [0.1, 0.15) is 49.9 Å². The number of hydrogen-bond acceptors (Lipinski definition) is 6. The molecule has 0 atom stereocenters. The fourth-order valence-electron chi connectivity index (χ4n) is 5.33. The van der Waals surface area contributed by atoms with E-state index in [0.29, 0.717) is 39.6 Å². The Morgan fingerprint density at radius 3 is 1.21 bits per heavy atom. The minimum atomic E-state index is -0.985. The second kappa shape index (κ2) is 9.70. The Morgan fingerprint density at radius 1 is 0.474 bits per heavy atom. The highest BCUT2D eigenvalue weighted by molar-refractivity contribution is 5.88. The highest BCUT2D eigenvalue weighted by Crippen LogP contribution is 2.41. The molecule has 2 saturated heterocycles. The number of ether oxygens (including phenoxy) is 6. The monoisotopic (exact) mass is 518 g/mol. The van der Waals surface area contributed by atoms with Gasteiger partial charge >= 0.3 is 0 Å². The van der Waals surface area contributed by atoms with Crippen LogP contribution in [0.2, 0.25) is 0 Å². The Labute approximate surface area is 225 Å². The highest BCUT2D eigenvalue weighted by Gasteiger charge is 2.45. The Morgan fingerprint density at radius 2 is 0.842 bits per heavy atom. The third kappa shape index (κ3) is 4.90. The first kappa shape index (κ1) is 25.9. The molecule has 202 valence electrons. The first-order chi connectivity index (χ1) is 18.2. The standard InChI is InChI=1S/C32H38O6/c1-29(2)17-35-31(36-18-29)21-33-15-23-9-10-24(28-8-6-5-7-27(23)28)16-34-22-32(26-13-11-25(31)12-14-26)37-19-30(3,4)20-38-32/h5-14H,15-22H2,1-4H3. The zero-order valence-electron chi connectivity index (χ0n) is 22.9. The lowest BCUT2D eigenvalue weighted by molar-refractivity contribution is -0.327. The molecule has 6 nitrogen and oxygen atoms in total. The van der Waals surface area contributed by atoms with Gasteiger partial charge in [0.15, 0.2) is 0 Å². The topological polar surface area (TPSA) is 55.4 Å². The predicted molar refractivity (Wildman–Crippen MR) is 144 cm³/mol. The zero-order chi connectivity index (χ0) is 26.4. The molecule has 6 heteroatoms. The van der Waals surface area contributed by atoms with Crippen LogP contribution in [0.15, 0.2) is 60.7 Å². The molecular weight excluding hydrogens is 480 g/mol. The van der Waals surface area contributed by atoms with Crippen LogP contribution in [-0.4, -0.2) is 39.6 Å². The van der Waals surface area contributed by atoms with Crippen molar-refractivity contribution in [3.63, 3.8) is 0 Å². The van der Waals surface area contributed by atoms with Crippen LogP contribution in [0.4, 0.5) is 0 Å². The summed E-state index contributed by atoms with van der Waals surface area (Å²) >= 11 is 0. The molecule has 38 heavy (non-hydrogen) atoms. The van der Waals surface area contributed by atoms with Crippen molar-refractivity contribution in [3.8, 4) is 0 Å². The Kier molecular flexibility index (Phi) is 6.62. The summed E-state index contributed by atoms with van der Waals surface area (Å²) in [6, 6.07) is 20.8. The maximum Gasteiger partial charge on any atom is 0.219 e. The summed E-state index contributed by atoms with van der Waals surface area (Å²) in [4.78, 5) is 0. The van der Waals surface area contributed by atoms with E-state index >= 15 is 0 Å². The van der Waals surface area contributed by atoms with Crippen molar-refractivity contribution in [2.45, 2.75) is 52.5 Å². The van der Waals surface area contributed by atoms with Gasteiger partial charge < -0.3 is 28.4 Å².